The summed E-state index contributed by atoms with van der Waals surface area (Å²) in [5.41, 5.74) is 2.94. The van der Waals surface area contributed by atoms with E-state index in [4.69, 9.17) is 9.97 Å². The van der Waals surface area contributed by atoms with E-state index in [1.54, 1.807) is 48.0 Å². The lowest BCUT2D eigenvalue weighted by Gasteiger charge is -2.22. The number of phenols is 1. The normalized spacial score (nSPS) is 15.1. The number of thiophene rings is 1. The molecule has 3 aromatic heterocycles. The van der Waals surface area contributed by atoms with Gasteiger partial charge in [-0.25, -0.2) is 9.97 Å². The number of aromatic nitrogens is 3. The molecule has 1 aliphatic rings. The van der Waals surface area contributed by atoms with Gasteiger partial charge in [0.05, 0.1) is 17.5 Å². The number of aromatic hydroxyl groups is 1. The van der Waals surface area contributed by atoms with Crippen LogP contribution in [0, 0.1) is 0 Å². The number of pyridine rings is 1. The molecule has 6 nitrogen and oxygen atoms in total. The van der Waals surface area contributed by atoms with Crippen molar-refractivity contribution in [2.75, 3.05) is 5.32 Å². The second-order valence-corrected chi connectivity index (χ2v) is 8.73. The second-order valence-electron chi connectivity index (χ2n) is 7.64. The van der Waals surface area contributed by atoms with Crippen LogP contribution in [0.25, 0.3) is 21.6 Å². The third-order valence-corrected chi connectivity index (χ3v) is 6.74. The number of aryl methyl sites for hydroxylation is 2. The number of rotatable bonds is 5. The Morgan fingerprint density at radius 1 is 1.10 bits per heavy atom. The highest BCUT2D eigenvalue weighted by molar-refractivity contribution is 7.19. The number of nitrogens with zero attached hydrogens (tertiary/aromatic N) is 3. The Hall–Kier alpha value is -3.03. The van der Waals surface area contributed by atoms with Crippen LogP contribution in [0.2, 0.25) is 0 Å². The van der Waals surface area contributed by atoms with E-state index in [-0.39, 0.29) is 11.8 Å². The first-order valence-corrected chi connectivity index (χ1v) is 10.9. The fourth-order valence-corrected chi connectivity index (χ4v) is 5.24. The molecule has 0 fully saturated rings. The minimum atomic E-state index is -0.746. The molecule has 0 saturated heterocycles. The Kier molecular flexibility index (Phi) is 4.84. The van der Waals surface area contributed by atoms with Crippen molar-refractivity contribution in [1.29, 1.82) is 0 Å². The number of aliphatic hydroxyl groups is 1. The van der Waals surface area contributed by atoms with Gasteiger partial charge in [-0.2, -0.15) is 0 Å². The molecule has 0 bridgehead atoms. The van der Waals surface area contributed by atoms with Crippen LogP contribution in [0.4, 0.5) is 5.82 Å². The number of hydrogen-bond donors (Lipinski definition) is 3. The molecule has 0 radical (unpaired) electrons. The lowest BCUT2D eigenvalue weighted by atomic mass is 10.0. The topological polar surface area (TPSA) is 91.2 Å². The van der Waals surface area contributed by atoms with E-state index in [0.717, 1.165) is 46.4 Å². The van der Waals surface area contributed by atoms with E-state index < -0.39 is 6.10 Å². The first-order chi connectivity index (χ1) is 14.6. The summed E-state index contributed by atoms with van der Waals surface area (Å²) in [7, 11) is 0. The Morgan fingerprint density at radius 3 is 2.70 bits per heavy atom. The summed E-state index contributed by atoms with van der Waals surface area (Å²) >= 11 is 1.74. The van der Waals surface area contributed by atoms with Crippen LogP contribution in [0.3, 0.4) is 0 Å². The van der Waals surface area contributed by atoms with Crippen molar-refractivity contribution in [2.45, 2.75) is 38.3 Å². The summed E-state index contributed by atoms with van der Waals surface area (Å²) in [6.45, 7) is 1.93. The minimum Gasteiger partial charge on any atom is -0.508 e. The summed E-state index contributed by atoms with van der Waals surface area (Å²) in [6.07, 6.45) is 6.03. The second kappa shape index (κ2) is 7.66. The zero-order chi connectivity index (χ0) is 20.7. The lowest BCUT2D eigenvalue weighted by Crippen LogP contribution is -2.25. The van der Waals surface area contributed by atoms with Gasteiger partial charge in [0.1, 0.15) is 16.4 Å². The van der Waals surface area contributed by atoms with Crippen molar-refractivity contribution in [3.8, 4) is 17.1 Å². The third-order valence-electron chi connectivity index (χ3n) is 5.56. The molecule has 152 valence electrons. The standard InChI is InChI=1S/C23H22N4O2S/c1-13(20(29)14-7-9-16(28)10-8-14)25-22-19-17-5-2-6-18(17)30-23(19)27-21(26-22)15-4-3-11-24-12-15/h3-4,7-13,20,28-29H,2,5-6H2,1H3,(H,25,26,27)/t13-,20+/m1/s1. The number of fused-ring (bicyclic) bond motifs is 3. The SMILES string of the molecule is C[C@@H](Nc1nc(-c2cccnc2)nc2sc3c(c12)CCC3)[C@H](O)c1ccc(O)cc1. The van der Waals surface area contributed by atoms with Crippen LogP contribution in [0.1, 0.15) is 35.5 Å². The third kappa shape index (κ3) is 3.40. The fourth-order valence-electron chi connectivity index (χ4n) is 3.98. The molecular weight excluding hydrogens is 396 g/mol. The maximum atomic E-state index is 10.8. The van der Waals surface area contributed by atoms with Gasteiger partial charge < -0.3 is 15.5 Å². The molecule has 7 heteroatoms. The van der Waals surface area contributed by atoms with E-state index in [9.17, 15) is 10.2 Å². The Labute approximate surface area is 178 Å². The first-order valence-electron chi connectivity index (χ1n) is 10.1. The van der Waals surface area contributed by atoms with Crippen LogP contribution in [0.5, 0.6) is 5.75 Å². The predicted octanol–water partition coefficient (Wildman–Crippen LogP) is 4.48. The van der Waals surface area contributed by atoms with Gasteiger partial charge >= 0.3 is 0 Å². The Bertz CT molecular complexity index is 1190. The summed E-state index contributed by atoms with van der Waals surface area (Å²) in [5.74, 6) is 1.56. The molecule has 5 rings (SSSR count). The molecule has 3 heterocycles. The summed E-state index contributed by atoms with van der Waals surface area (Å²) in [4.78, 5) is 16.2. The zero-order valence-corrected chi connectivity index (χ0v) is 17.4. The smallest absolute Gasteiger partial charge is 0.164 e. The number of benzene rings is 1. The molecule has 0 spiro atoms. The molecule has 0 unspecified atom stereocenters. The highest BCUT2D eigenvalue weighted by Crippen LogP contribution is 2.41. The molecule has 1 aromatic carbocycles. The number of phenolic OH excluding ortho intramolecular Hbond substituents is 1. The molecule has 0 saturated carbocycles. The predicted molar refractivity (Wildman–Crippen MR) is 119 cm³/mol. The highest BCUT2D eigenvalue weighted by atomic mass is 32.1. The molecule has 2 atom stereocenters. The van der Waals surface area contributed by atoms with E-state index in [2.05, 4.69) is 10.3 Å². The molecule has 3 N–H and O–H groups in total. The maximum Gasteiger partial charge on any atom is 0.164 e. The monoisotopic (exact) mass is 418 g/mol. The first kappa shape index (κ1) is 19.0. The van der Waals surface area contributed by atoms with Gasteiger partial charge in [0.25, 0.3) is 0 Å². The maximum absolute atomic E-state index is 10.8. The van der Waals surface area contributed by atoms with Gasteiger partial charge in [-0.05, 0) is 61.6 Å². The van der Waals surface area contributed by atoms with Crippen molar-refractivity contribution in [3.05, 3.63) is 64.8 Å². The fraction of sp³-hybridized carbons (Fsp3) is 0.261. The summed E-state index contributed by atoms with van der Waals surface area (Å²) in [5, 5.41) is 24.9. The van der Waals surface area contributed by atoms with E-state index in [1.165, 1.54) is 10.4 Å². The Balaban J connectivity index is 1.55. The highest BCUT2D eigenvalue weighted by Gasteiger charge is 2.25. The van der Waals surface area contributed by atoms with Gasteiger partial charge in [0.2, 0.25) is 0 Å². The molecule has 1 aliphatic carbocycles. The van der Waals surface area contributed by atoms with Crippen molar-refractivity contribution in [3.63, 3.8) is 0 Å². The van der Waals surface area contributed by atoms with Gasteiger partial charge in [-0.1, -0.05) is 12.1 Å². The van der Waals surface area contributed by atoms with Gasteiger partial charge in [-0.3, -0.25) is 4.98 Å². The van der Waals surface area contributed by atoms with Crippen molar-refractivity contribution in [2.24, 2.45) is 0 Å². The number of hydrogen-bond acceptors (Lipinski definition) is 7. The van der Waals surface area contributed by atoms with Crippen molar-refractivity contribution in [1.82, 2.24) is 15.0 Å². The summed E-state index contributed by atoms with van der Waals surface area (Å²) < 4.78 is 0. The average molecular weight is 419 g/mol. The molecule has 30 heavy (non-hydrogen) atoms. The molecule has 0 amide bonds. The lowest BCUT2D eigenvalue weighted by molar-refractivity contribution is 0.160. The van der Waals surface area contributed by atoms with Crippen LogP contribution < -0.4 is 5.32 Å². The van der Waals surface area contributed by atoms with Gasteiger partial charge in [-0.15, -0.1) is 11.3 Å². The van der Waals surface area contributed by atoms with E-state index >= 15 is 0 Å². The van der Waals surface area contributed by atoms with Gasteiger partial charge in [0, 0.05) is 22.8 Å². The number of aliphatic hydroxyl groups excluding tert-OH is 1. The number of anilines is 1. The van der Waals surface area contributed by atoms with Crippen LogP contribution >= 0.6 is 11.3 Å². The summed E-state index contributed by atoms with van der Waals surface area (Å²) in [6, 6.07) is 10.2. The van der Waals surface area contributed by atoms with Crippen LogP contribution in [-0.4, -0.2) is 31.2 Å². The van der Waals surface area contributed by atoms with Crippen molar-refractivity contribution >= 4 is 27.4 Å². The zero-order valence-electron chi connectivity index (χ0n) is 16.5. The van der Waals surface area contributed by atoms with Crippen LogP contribution in [0.15, 0.2) is 48.8 Å². The van der Waals surface area contributed by atoms with Gasteiger partial charge in [0.15, 0.2) is 5.82 Å². The van der Waals surface area contributed by atoms with Crippen molar-refractivity contribution < 1.29 is 10.2 Å². The van der Waals surface area contributed by atoms with E-state index in [1.807, 2.05) is 19.1 Å². The average Bonchev–Trinajstić information content (AvgIpc) is 3.35. The molecule has 4 aromatic rings. The van der Waals surface area contributed by atoms with E-state index in [0.29, 0.717) is 5.82 Å². The van der Waals surface area contributed by atoms with Crippen LogP contribution in [-0.2, 0) is 12.8 Å². The minimum absolute atomic E-state index is 0.180. The largest absolute Gasteiger partial charge is 0.508 e. The molecule has 0 aliphatic heterocycles. The quantitative estimate of drug-likeness (QED) is 0.443. The molecular formula is C23H22N4O2S. The Morgan fingerprint density at radius 2 is 1.93 bits per heavy atom. The number of nitrogens with one attached hydrogen (secondary N) is 1.